The zero-order valence-corrected chi connectivity index (χ0v) is 12.2. The van der Waals surface area contributed by atoms with Crippen LogP contribution in [0, 0.1) is 0 Å². The fourth-order valence-corrected chi connectivity index (χ4v) is 2.41. The molecule has 0 aliphatic heterocycles. The van der Waals surface area contributed by atoms with Crippen molar-refractivity contribution >= 4 is 16.5 Å². The maximum atomic E-state index is 5.72. The van der Waals surface area contributed by atoms with Gasteiger partial charge in [-0.15, -0.1) is 11.3 Å². The molecule has 0 aliphatic rings. The highest BCUT2D eigenvalue weighted by Gasteiger charge is 2.06. The number of hydrogen-bond donors (Lipinski definition) is 1. The van der Waals surface area contributed by atoms with E-state index in [-0.39, 0.29) is 6.10 Å². The molecule has 0 unspecified atom stereocenters. The van der Waals surface area contributed by atoms with Crippen LogP contribution in [0.2, 0.25) is 0 Å². The van der Waals surface area contributed by atoms with E-state index in [2.05, 4.69) is 10.3 Å². The number of benzene rings is 1. The molecule has 1 aromatic carbocycles. The van der Waals surface area contributed by atoms with Crippen LogP contribution in [-0.2, 0) is 4.74 Å². The highest BCUT2D eigenvalue weighted by molar-refractivity contribution is 7.14. The summed E-state index contributed by atoms with van der Waals surface area (Å²) in [6.07, 6.45) is 0.0472. The van der Waals surface area contributed by atoms with Crippen LogP contribution in [0.5, 0.6) is 5.75 Å². The molecule has 2 rings (SSSR count). The Hall–Kier alpha value is -1.59. The van der Waals surface area contributed by atoms with E-state index in [9.17, 15) is 0 Å². The van der Waals surface area contributed by atoms with Gasteiger partial charge in [0.15, 0.2) is 5.13 Å². The van der Waals surface area contributed by atoms with Crippen LogP contribution in [0.25, 0.3) is 11.3 Å². The van der Waals surface area contributed by atoms with Crippen molar-refractivity contribution in [3.63, 3.8) is 0 Å². The van der Waals surface area contributed by atoms with Crippen LogP contribution in [0.3, 0.4) is 0 Å². The summed E-state index contributed by atoms with van der Waals surface area (Å²) in [6, 6.07) is 7.95. The summed E-state index contributed by atoms with van der Waals surface area (Å²) < 4.78 is 10.8. The summed E-state index contributed by atoms with van der Waals surface area (Å²) >= 11 is 1.60. The number of thiazole rings is 1. The van der Waals surface area contributed by atoms with Crippen molar-refractivity contribution < 1.29 is 9.47 Å². The van der Waals surface area contributed by atoms with E-state index in [0.29, 0.717) is 6.61 Å². The van der Waals surface area contributed by atoms with Crippen molar-refractivity contribution in [3.05, 3.63) is 29.6 Å². The minimum atomic E-state index is 0.0472. The fraction of sp³-hybridized carbons (Fsp3) is 0.357. The second kappa shape index (κ2) is 6.54. The minimum absolute atomic E-state index is 0.0472. The molecule has 1 atom stereocenters. The van der Waals surface area contributed by atoms with E-state index in [1.54, 1.807) is 18.4 Å². The van der Waals surface area contributed by atoms with Gasteiger partial charge in [0.25, 0.3) is 0 Å². The molecule has 0 radical (unpaired) electrons. The van der Waals surface area contributed by atoms with Crippen LogP contribution in [0.4, 0.5) is 5.13 Å². The SMILES string of the molecule is CNc1nc(-c2ccc(O[C@@H](C)COC)cc2)cs1. The smallest absolute Gasteiger partial charge is 0.182 e. The predicted octanol–water partition coefficient (Wildman–Crippen LogP) is 3.27. The zero-order valence-electron chi connectivity index (χ0n) is 11.3. The van der Waals surface area contributed by atoms with Crippen molar-refractivity contribution in [1.29, 1.82) is 0 Å². The lowest BCUT2D eigenvalue weighted by Gasteiger charge is -2.13. The molecular formula is C14H18N2O2S. The van der Waals surface area contributed by atoms with Crippen LogP contribution in [0.15, 0.2) is 29.6 Å². The van der Waals surface area contributed by atoms with E-state index in [1.807, 2.05) is 43.6 Å². The first-order valence-electron chi connectivity index (χ1n) is 6.12. The zero-order chi connectivity index (χ0) is 13.7. The standard InChI is InChI=1S/C14H18N2O2S/c1-10(8-17-3)18-12-6-4-11(5-7-12)13-9-19-14(15-2)16-13/h4-7,9-10H,8H2,1-3H3,(H,15,16)/t10-/m0/s1. The first-order chi connectivity index (χ1) is 9.22. The van der Waals surface area contributed by atoms with Crippen molar-refractivity contribution in [2.75, 3.05) is 26.1 Å². The Kier molecular flexibility index (Phi) is 4.76. The first kappa shape index (κ1) is 13.8. The van der Waals surface area contributed by atoms with Crippen molar-refractivity contribution in [3.8, 4) is 17.0 Å². The van der Waals surface area contributed by atoms with Gasteiger partial charge >= 0.3 is 0 Å². The lowest BCUT2D eigenvalue weighted by Crippen LogP contribution is -2.17. The molecule has 1 N–H and O–H groups in total. The molecule has 102 valence electrons. The second-order valence-electron chi connectivity index (χ2n) is 4.20. The average Bonchev–Trinajstić information content (AvgIpc) is 2.88. The summed E-state index contributed by atoms with van der Waals surface area (Å²) in [5.74, 6) is 0.845. The Balaban J connectivity index is 2.05. The van der Waals surface area contributed by atoms with Gasteiger partial charge in [0.1, 0.15) is 11.9 Å². The van der Waals surface area contributed by atoms with E-state index >= 15 is 0 Å². The van der Waals surface area contributed by atoms with Gasteiger partial charge in [-0.3, -0.25) is 0 Å². The van der Waals surface area contributed by atoms with Crippen molar-refractivity contribution in [2.24, 2.45) is 0 Å². The largest absolute Gasteiger partial charge is 0.488 e. The summed E-state index contributed by atoms with van der Waals surface area (Å²) in [4.78, 5) is 4.47. The van der Waals surface area contributed by atoms with Gasteiger partial charge < -0.3 is 14.8 Å². The normalized spacial score (nSPS) is 12.2. The van der Waals surface area contributed by atoms with Gasteiger partial charge in [0.05, 0.1) is 12.3 Å². The number of ether oxygens (including phenoxy) is 2. The number of aromatic nitrogens is 1. The molecular weight excluding hydrogens is 260 g/mol. The van der Waals surface area contributed by atoms with Gasteiger partial charge in [0, 0.05) is 25.1 Å². The first-order valence-corrected chi connectivity index (χ1v) is 7.00. The topological polar surface area (TPSA) is 43.4 Å². The van der Waals surface area contributed by atoms with E-state index < -0.39 is 0 Å². The molecule has 2 aromatic rings. The molecule has 0 amide bonds. The molecule has 0 spiro atoms. The Labute approximate surface area is 117 Å². The van der Waals surface area contributed by atoms with Gasteiger partial charge in [-0.25, -0.2) is 4.98 Å². The molecule has 0 saturated heterocycles. The second-order valence-corrected chi connectivity index (χ2v) is 5.05. The highest BCUT2D eigenvalue weighted by atomic mass is 32.1. The van der Waals surface area contributed by atoms with Crippen LogP contribution in [-0.4, -0.2) is 31.9 Å². The molecule has 0 bridgehead atoms. The lowest BCUT2D eigenvalue weighted by molar-refractivity contribution is 0.0921. The Morgan fingerprint density at radius 1 is 1.32 bits per heavy atom. The Bertz CT molecular complexity index is 510. The highest BCUT2D eigenvalue weighted by Crippen LogP contribution is 2.26. The molecule has 1 heterocycles. The van der Waals surface area contributed by atoms with Crippen LogP contribution >= 0.6 is 11.3 Å². The molecule has 5 heteroatoms. The third-order valence-corrected chi connectivity index (χ3v) is 3.47. The molecule has 1 aromatic heterocycles. The number of anilines is 1. The third kappa shape index (κ3) is 3.68. The summed E-state index contributed by atoms with van der Waals surface area (Å²) in [5.41, 5.74) is 2.07. The summed E-state index contributed by atoms with van der Waals surface area (Å²) in [7, 11) is 3.54. The van der Waals surface area contributed by atoms with Crippen LogP contribution in [0.1, 0.15) is 6.92 Å². The van der Waals surface area contributed by atoms with E-state index in [4.69, 9.17) is 9.47 Å². The quantitative estimate of drug-likeness (QED) is 0.880. The predicted molar refractivity (Wildman–Crippen MR) is 79.1 cm³/mol. The summed E-state index contributed by atoms with van der Waals surface area (Å²) in [6.45, 7) is 2.57. The number of rotatable bonds is 6. The fourth-order valence-electron chi connectivity index (χ4n) is 1.73. The lowest BCUT2D eigenvalue weighted by atomic mass is 10.2. The van der Waals surface area contributed by atoms with Gasteiger partial charge in [-0.2, -0.15) is 0 Å². The molecule has 0 fully saturated rings. The molecule has 0 aliphatic carbocycles. The molecule has 4 nitrogen and oxygen atoms in total. The third-order valence-electron chi connectivity index (χ3n) is 2.61. The van der Waals surface area contributed by atoms with Crippen molar-refractivity contribution in [1.82, 2.24) is 4.98 Å². The number of nitrogens with zero attached hydrogens (tertiary/aromatic N) is 1. The van der Waals surface area contributed by atoms with E-state index in [1.165, 1.54) is 0 Å². The maximum absolute atomic E-state index is 5.72. The van der Waals surface area contributed by atoms with Gasteiger partial charge in [-0.05, 0) is 31.2 Å². The van der Waals surface area contributed by atoms with Crippen LogP contribution < -0.4 is 10.1 Å². The Morgan fingerprint density at radius 2 is 2.05 bits per heavy atom. The number of nitrogens with one attached hydrogen (secondary N) is 1. The van der Waals surface area contributed by atoms with Crippen molar-refractivity contribution in [2.45, 2.75) is 13.0 Å². The monoisotopic (exact) mass is 278 g/mol. The molecule has 0 saturated carbocycles. The van der Waals surface area contributed by atoms with Gasteiger partial charge in [-0.1, -0.05) is 0 Å². The molecule has 19 heavy (non-hydrogen) atoms. The summed E-state index contributed by atoms with van der Waals surface area (Å²) in [5, 5.41) is 5.99. The average molecular weight is 278 g/mol. The maximum Gasteiger partial charge on any atom is 0.182 e. The number of hydrogen-bond acceptors (Lipinski definition) is 5. The Morgan fingerprint density at radius 3 is 2.63 bits per heavy atom. The van der Waals surface area contributed by atoms with Gasteiger partial charge in [0.2, 0.25) is 0 Å². The minimum Gasteiger partial charge on any atom is -0.488 e. The van der Waals surface area contributed by atoms with E-state index in [0.717, 1.165) is 22.1 Å². The number of methoxy groups -OCH3 is 1.